The Morgan fingerprint density at radius 2 is 2.17 bits per heavy atom. The highest BCUT2D eigenvalue weighted by Gasteiger charge is 2.13. The average Bonchev–Trinajstić information content (AvgIpc) is 2.54. The lowest BCUT2D eigenvalue weighted by atomic mass is 10.1. The van der Waals surface area contributed by atoms with E-state index in [9.17, 15) is 14.7 Å². The quantitative estimate of drug-likeness (QED) is 0.842. The molecule has 1 aromatic heterocycles. The Labute approximate surface area is 138 Å². The number of hydrogen-bond donors (Lipinski definition) is 2. The number of amides is 1. The van der Waals surface area contributed by atoms with Crippen molar-refractivity contribution in [2.24, 2.45) is 0 Å². The summed E-state index contributed by atoms with van der Waals surface area (Å²) in [6, 6.07) is 9.48. The van der Waals surface area contributed by atoms with Gasteiger partial charge in [0, 0.05) is 24.2 Å². The van der Waals surface area contributed by atoms with Crippen LogP contribution in [0.25, 0.3) is 0 Å². The van der Waals surface area contributed by atoms with E-state index in [1.807, 2.05) is 6.92 Å². The molecule has 0 aliphatic rings. The lowest BCUT2D eigenvalue weighted by molar-refractivity contribution is 0.0909. The van der Waals surface area contributed by atoms with E-state index >= 15 is 0 Å². The molecule has 1 heterocycles. The summed E-state index contributed by atoms with van der Waals surface area (Å²) < 4.78 is 1.25. The second-order valence-electron chi connectivity index (χ2n) is 5.06. The normalized spacial score (nSPS) is 12.0. The summed E-state index contributed by atoms with van der Waals surface area (Å²) in [6.45, 7) is 2.39. The fourth-order valence-corrected chi connectivity index (χ4v) is 2.25. The van der Waals surface area contributed by atoms with Crippen molar-refractivity contribution in [2.45, 2.75) is 26.0 Å². The molecule has 23 heavy (non-hydrogen) atoms. The number of carbonyl (C=O) groups is 1. The second-order valence-corrected chi connectivity index (χ2v) is 5.50. The van der Waals surface area contributed by atoms with E-state index in [1.165, 1.54) is 16.8 Å². The monoisotopic (exact) mass is 335 g/mol. The third-order valence-electron chi connectivity index (χ3n) is 3.22. The van der Waals surface area contributed by atoms with Crippen LogP contribution in [-0.4, -0.2) is 27.3 Å². The number of nitrogens with zero attached hydrogens (tertiary/aromatic N) is 2. The fourth-order valence-electron chi connectivity index (χ4n) is 2.05. The molecule has 0 fully saturated rings. The maximum atomic E-state index is 12.1. The number of aliphatic hydroxyl groups excluding tert-OH is 1. The van der Waals surface area contributed by atoms with Crippen LogP contribution in [0.15, 0.2) is 41.2 Å². The van der Waals surface area contributed by atoms with Crippen molar-refractivity contribution in [1.29, 1.82) is 0 Å². The highest BCUT2D eigenvalue weighted by Crippen LogP contribution is 2.17. The first-order valence-corrected chi connectivity index (χ1v) is 7.69. The molecule has 0 unspecified atom stereocenters. The molecule has 2 aromatic rings. The van der Waals surface area contributed by atoms with Crippen LogP contribution < -0.4 is 10.9 Å². The minimum atomic E-state index is -0.876. The third-order valence-corrected chi connectivity index (χ3v) is 3.46. The van der Waals surface area contributed by atoms with Gasteiger partial charge in [-0.15, -0.1) is 0 Å². The van der Waals surface area contributed by atoms with Crippen molar-refractivity contribution in [3.05, 3.63) is 63.0 Å². The predicted octanol–water partition coefficient (Wildman–Crippen LogP) is 1.77. The molecule has 1 aromatic carbocycles. The Hall–Kier alpha value is -2.18. The minimum absolute atomic E-state index is 0.0216. The van der Waals surface area contributed by atoms with E-state index in [0.717, 1.165) is 6.42 Å². The predicted molar refractivity (Wildman–Crippen MR) is 87.5 cm³/mol. The van der Waals surface area contributed by atoms with E-state index in [-0.39, 0.29) is 17.8 Å². The summed E-state index contributed by atoms with van der Waals surface area (Å²) >= 11 is 5.87. The van der Waals surface area contributed by atoms with Gasteiger partial charge in [0.25, 0.3) is 11.5 Å². The number of aliphatic hydroxyl groups is 1. The maximum Gasteiger partial charge on any atom is 0.271 e. The van der Waals surface area contributed by atoms with Gasteiger partial charge in [0.15, 0.2) is 0 Å². The molecule has 0 radical (unpaired) electrons. The van der Waals surface area contributed by atoms with Gasteiger partial charge in [0.2, 0.25) is 0 Å². The zero-order valence-corrected chi connectivity index (χ0v) is 13.5. The molecule has 0 spiro atoms. The van der Waals surface area contributed by atoms with E-state index in [2.05, 4.69) is 10.4 Å². The van der Waals surface area contributed by atoms with Crippen LogP contribution in [0.1, 0.15) is 35.5 Å². The zero-order valence-electron chi connectivity index (χ0n) is 12.7. The summed E-state index contributed by atoms with van der Waals surface area (Å²) in [6.07, 6.45) is -0.134. The Morgan fingerprint density at radius 3 is 2.87 bits per heavy atom. The molecule has 0 bridgehead atoms. The first kappa shape index (κ1) is 17.2. The summed E-state index contributed by atoms with van der Waals surface area (Å²) in [5.74, 6) is -0.448. The van der Waals surface area contributed by atoms with Gasteiger partial charge in [-0.2, -0.15) is 5.10 Å². The van der Waals surface area contributed by atoms with Gasteiger partial charge in [-0.3, -0.25) is 9.59 Å². The lowest BCUT2D eigenvalue weighted by Crippen LogP contribution is -2.32. The smallest absolute Gasteiger partial charge is 0.271 e. The highest BCUT2D eigenvalue weighted by atomic mass is 35.5. The molecular formula is C16H18ClN3O3. The first-order chi connectivity index (χ1) is 11.0. The third kappa shape index (κ3) is 4.64. The van der Waals surface area contributed by atoms with E-state index in [1.54, 1.807) is 24.3 Å². The SMILES string of the molecule is CCCn1nc(C(=O)NC[C@H](O)c2cccc(Cl)c2)ccc1=O. The highest BCUT2D eigenvalue weighted by molar-refractivity contribution is 6.30. The molecule has 0 aliphatic heterocycles. The van der Waals surface area contributed by atoms with Crippen molar-refractivity contribution in [1.82, 2.24) is 15.1 Å². The van der Waals surface area contributed by atoms with Gasteiger partial charge < -0.3 is 10.4 Å². The van der Waals surface area contributed by atoms with Crippen molar-refractivity contribution in [3.63, 3.8) is 0 Å². The number of carbonyl (C=O) groups excluding carboxylic acids is 1. The average molecular weight is 336 g/mol. The number of aromatic nitrogens is 2. The van der Waals surface area contributed by atoms with E-state index in [4.69, 9.17) is 11.6 Å². The van der Waals surface area contributed by atoms with Crippen LogP contribution in [0.5, 0.6) is 0 Å². The van der Waals surface area contributed by atoms with Crippen molar-refractivity contribution >= 4 is 17.5 Å². The Morgan fingerprint density at radius 1 is 1.39 bits per heavy atom. The molecule has 0 saturated carbocycles. The lowest BCUT2D eigenvalue weighted by Gasteiger charge is -2.12. The van der Waals surface area contributed by atoms with Crippen LogP contribution >= 0.6 is 11.6 Å². The second kappa shape index (κ2) is 7.89. The topological polar surface area (TPSA) is 84.2 Å². The van der Waals surface area contributed by atoms with E-state index < -0.39 is 12.0 Å². The number of nitrogens with one attached hydrogen (secondary N) is 1. The first-order valence-electron chi connectivity index (χ1n) is 7.31. The van der Waals surface area contributed by atoms with Crippen molar-refractivity contribution < 1.29 is 9.90 Å². The molecule has 1 atom stereocenters. The minimum Gasteiger partial charge on any atom is -0.387 e. The number of hydrogen-bond acceptors (Lipinski definition) is 4. The van der Waals surface area contributed by atoms with Crippen molar-refractivity contribution in [2.75, 3.05) is 6.54 Å². The van der Waals surface area contributed by atoms with Gasteiger partial charge in [-0.05, 0) is 30.2 Å². The Kier molecular flexibility index (Phi) is 5.90. The maximum absolute atomic E-state index is 12.1. The van der Waals surface area contributed by atoms with Crippen LogP contribution in [0.4, 0.5) is 0 Å². The fraction of sp³-hybridized carbons (Fsp3) is 0.312. The molecule has 6 nitrogen and oxygen atoms in total. The zero-order chi connectivity index (χ0) is 16.8. The van der Waals surface area contributed by atoms with Crippen LogP contribution in [0, 0.1) is 0 Å². The van der Waals surface area contributed by atoms with Crippen LogP contribution in [0.3, 0.4) is 0 Å². The number of rotatable bonds is 6. The van der Waals surface area contributed by atoms with Crippen LogP contribution in [0.2, 0.25) is 5.02 Å². The van der Waals surface area contributed by atoms with Gasteiger partial charge in [0.1, 0.15) is 5.69 Å². The summed E-state index contributed by atoms with van der Waals surface area (Å²) in [5, 5.41) is 17.2. The summed E-state index contributed by atoms with van der Waals surface area (Å²) in [4.78, 5) is 23.7. The van der Waals surface area contributed by atoms with E-state index in [0.29, 0.717) is 17.1 Å². The number of aryl methyl sites for hydroxylation is 1. The Balaban J connectivity index is 2.02. The van der Waals surface area contributed by atoms with Gasteiger partial charge >= 0.3 is 0 Å². The van der Waals surface area contributed by atoms with Gasteiger partial charge in [0.05, 0.1) is 6.10 Å². The van der Waals surface area contributed by atoms with Gasteiger partial charge in [-0.1, -0.05) is 30.7 Å². The van der Waals surface area contributed by atoms with Crippen LogP contribution in [-0.2, 0) is 6.54 Å². The molecule has 0 aliphatic carbocycles. The molecular weight excluding hydrogens is 318 g/mol. The molecule has 0 saturated heterocycles. The summed E-state index contributed by atoms with van der Waals surface area (Å²) in [5.41, 5.74) is 0.500. The van der Waals surface area contributed by atoms with Gasteiger partial charge in [-0.25, -0.2) is 4.68 Å². The molecule has 7 heteroatoms. The largest absolute Gasteiger partial charge is 0.387 e. The van der Waals surface area contributed by atoms with Crippen molar-refractivity contribution in [3.8, 4) is 0 Å². The molecule has 2 rings (SSSR count). The standard InChI is InChI=1S/C16H18ClN3O3/c1-2-8-20-15(22)7-6-13(19-20)16(23)18-10-14(21)11-4-3-5-12(17)9-11/h3-7,9,14,21H,2,8,10H2,1H3,(H,18,23)/t14-/m0/s1. The number of halogens is 1. The molecule has 122 valence electrons. The molecule has 1 amide bonds. The molecule has 2 N–H and O–H groups in total. The Bertz CT molecular complexity index is 745. The summed E-state index contributed by atoms with van der Waals surface area (Å²) in [7, 11) is 0. The number of benzene rings is 1.